The van der Waals surface area contributed by atoms with E-state index in [4.69, 9.17) is 4.74 Å². The maximum absolute atomic E-state index is 12.8. The third-order valence-electron chi connectivity index (χ3n) is 5.12. The number of benzene rings is 2. The van der Waals surface area contributed by atoms with Gasteiger partial charge in [0.15, 0.2) is 0 Å². The van der Waals surface area contributed by atoms with E-state index in [-0.39, 0.29) is 18.4 Å². The molecule has 0 saturated carbocycles. The van der Waals surface area contributed by atoms with Crippen LogP contribution >= 0.6 is 11.8 Å². The van der Waals surface area contributed by atoms with E-state index < -0.39 is 5.60 Å². The molecule has 1 aliphatic heterocycles. The van der Waals surface area contributed by atoms with Crippen LogP contribution < -0.4 is 5.32 Å². The molecular weight excluding hydrogens is 358 g/mol. The molecule has 27 heavy (non-hydrogen) atoms. The van der Waals surface area contributed by atoms with Crippen molar-refractivity contribution in [1.82, 2.24) is 5.32 Å². The lowest BCUT2D eigenvalue weighted by atomic mass is 9.77. The molecule has 1 amide bonds. The van der Waals surface area contributed by atoms with Crippen LogP contribution in [-0.2, 0) is 10.3 Å². The lowest BCUT2D eigenvalue weighted by Gasteiger charge is -2.39. The summed E-state index contributed by atoms with van der Waals surface area (Å²) >= 11 is 1.65. The second-order valence-corrected chi connectivity index (χ2v) is 8.09. The van der Waals surface area contributed by atoms with Crippen molar-refractivity contribution in [3.05, 3.63) is 65.7 Å². The fraction of sp³-hybridized carbons (Fsp3) is 0.409. The highest BCUT2D eigenvalue weighted by atomic mass is 32.2. The van der Waals surface area contributed by atoms with Gasteiger partial charge in [0.2, 0.25) is 0 Å². The van der Waals surface area contributed by atoms with Gasteiger partial charge in [-0.3, -0.25) is 4.79 Å². The zero-order chi connectivity index (χ0) is 19.1. The number of amides is 1. The molecule has 0 aliphatic carbocycles. The van der Waals surface area contributed by atoms with Gasteiger partial charge in [0.25, 0.3) is 5.91 Å². The summed E-state index contributed by atoms with van der Waals surface area (Å²) in [6, 6.07) is 17.3. The standard InChI is InChI=1S/C22H27NO3S/c1-2-27-20-11-7-6-10-19(20)21(24)23-16-22(25,17-8-4-3-5-9-17)18-12-14-26-15-13-18/h3-11,18,25H,2,12-16H2,1H3,(H,23,24)/t22-/m0/s1. The van der Waals surface area contributed by atoms with Crippen LogP contribution in [0.1, 0.15) is 35.7 Å². The van der Waals surface area contributed by atoms with Gasteiger partial charge in [0.1, 0.15) is 5.60 Å². The van der Waals surface area contributed by atoms with Crippen molar-refractivity contribution in [3.63, 3.8) is 0 Å². The van der Waals surface area contributed by atoms with Crippen molar-refractivity contribution in [2.24, 2.45) is 5.92 Å². The molecule has 0 radical (unpaired) electrons. The zero-order valence-electron chi connectivity index (χ0n) is 15.7. The van der Waals surface area contributed by atoms with Crippen LogP contribution in [0.25, 0.3) is 0 Å². The highest BCUT2D eigenvalue weighted by Crippen LogP contribution is 2.36. The fourth-order valence-corrected chi connectivity index (χ4v) is 4.43. The lowest BCUT2D eigenvalue weighted by molar-refractivity contribution is -0.0680. The van der Waals surface area contributed by atoms with Gasteiger partial charge in [0, 0.05) is 18.1 Å². The Bertz CT molecular complexity index is 746. The van der Waals surface area contributed by atoms with Crippen LogP contribution in [0.4, 0.5) is 0 Å². The maximum Gasteiger partial charge on any atom is 0.252 e. The quantitative estimate of drug-likeness (QED) is 0.711. The van der Waals surface area contributed by atoms with Crippen LogP contribution in [0.2, 0.25) is 0 Å². The molecule has 1 heterocycles. The molecule has 0 bridgehead atoms. The number of rotatable bonds is 7. The minimum Gasteiger partial charge on any atom is -0.383 e. The SMILES string of the molecule is CCSc1ccccc1C(=O)NC[C@](O)(c1ccccc1)C1CCOCC1. The van der Waals surface area contributed by atoms with Crippen LogP contribution in [0.15, 0.2) is 59.5 Å². The summed E-state index contributed by atoms with van der Waals surface area (Å²) in [7, 11) is 0. The molecular formula is C22H27NO3S. The smallest absolute Gasteiger partial charge is 0.252 e. The molecule has 144 valence electrons. The first-order valence-corrected chi connectivity index (χ1v) is 10.5. The largest absolute Gasteiger partial charge is 0.383 e. The summed E-state index contributed by atoms with van der Waals surface area (Å²) in [5.41, 5.74) is 0.397. The van der Waals surface area contributed by atoms with Crippen LogP contribution in [0.5, 0.6) is 0 Å². The van der Waals surface area contributed by atoms with Crippen molar-refractivity contribution >= 4 is 17.7 Å². The van der Waals surface area contributed by atoms with Gasteiger partial charge in [-0.25, -0.2) is 0 Å². The van der Waals surface area contributed by atoms with E-state index >= 15 is 0 Å². The van der Waals surface area contributed by atoms with Crippen LogP contribution in [0.3, 0.4) is 0 Å². The molecule has 5 heteroatoms. The molecule has 4 nitrogen and oxygen atoms in total. The third kappa shape index (κ3) is 4.72. The number of thioether (sulfide) groups is 1. The minimum atomic E-state index is -1.10. The van der Waals surface area contributed by atoms with Gasteiger partial charge in [-0.1, -0.05) is 49.4 Å². The summed E-state index contributed by atoms with van der Waals surface area (Å²) < 4.78 is 5.47. The predicted molar refractivity (Wildman–Crippen MR) is 109 cm³/mol. The van der Waals surface area contributed by atoms with E-state index in [9.17, 15) is 9.90 Å². The Balaban J connectivity index is 1.80. The zero-order valence-corrected chi connectivity index (χ0v) is 16.5. The highest BCUT2D eigenvalue weighted by Gasteiger charge is 2.39. The molecule has 0 spiro atoms. The monoisotopic (exact) mass is 385 g/mol. The van der Waals surface area contributed by atoms with Gasteiger partial charge in [-0.05, 0) is 42.2 Å². The van der Waals surface area contributed by atoms with E-state index in [1.807, 2.05) is 54.6 Å². The van der Waals surface area contributed by atoms with E-state index in [1.54, 1.807) is 11.8 Å². The third-order valence-corrected chi connectivity index (χ3v) is 6.08. The Morgan fingerprint density at radius 2 is 1.81 bits per heavy atom. The first-order chi connectivity index (χ1) is 13.1. The molecule has 0 unspecified atom stereocenters. The van der Waals surface area contributed by atoms with E-state index in [1.165, 1.54) is 0 Å². The Hall–Kier alpha value is -1.82. The molecule has 3 rings (SSSR count). The highest BCUT2D eigenvalue weighted by molar-refractivity contribution is 7.99. The van der Waals surface area contributed by atoms with Crippen LogP contribution in [0, 0.1) is 5.92 Å². The summed E-state index contributed by atoms with van der Waals surface area (Å²) in [6.07, 6.45) is 1.56. The average Bonchev–Trinajstić information content (AvgIpc) is 2.74. The van der Waals surface area contributed by atoms with Crippen molar-refractivity contribution in [2.45, 2.75) is 30.3 Å². The second kappa shape index (κ2) is 9.40. The molecule has 1 aliphatic rings. The number of carbonyl (C=O) groups excluding carboxylic acids is 1. The van der Waals surface area contributed by atoms with Gasteiger partial charge in [-0.15, -0.1) is 11.8 Å². The number of carbonyl (C=O) groups is 1. The number of hydrogen-bond donors (Lipinski definition) is 2. The van der Waals surface area contributed by atoms with Gasteiger partial charge in [0.05, 0.1) is 12.1 Å². The van der Waals surface area contributed by atoms with E-state index in [2.05, 4.69) is 12.2 Å². The van der Waals surface area contributed by atoms with E-state index in [0.29, 0.717) is 18.8 Å². The summed E-state index contributed by atoms with van der Waals surface area (Å²) in [6.45, 7) is 3.54. The number of nitrogens with one attached hydrogen (secondary N) is 1. The summed E-state index contributed by atoms with van der Waals surface area (Å²) in [5, 5.41) is 14.6. The predicted octanol–water partition coefficient (Wildman–Crippen LogP) is 3.84. The number of aliphatic hydroxyl groups is 1. The summed E-state index contributed by atoms with van der Waals surface area (Å²) in [4.78, 5) is 13.8. The van der Waals surface area contributed by atoms with E-state index in [0.717, 1.165) is 29.1 Å². The summed E-state index contributed by atoms with van der Waals surface area (Å²) in [5.74, 6) is 0.808. The van der Waals surface area contributed by atoms with Gasteiger partial charge in [-0.2, -0.15) is 0 Å². The average molecular weight is 386 g/mol. The topological polar surface area (TPSA) is 58.6 Å². The van der Waals surface area contributed by atoms with Gasteiger partial charge >= 0.3 is 0 Å². The van der Waals surface area contributed by atoms with Gasteiger partial charge < -0.3 is 15.2 Å². The molecule has 0 aromatic heterocycles. The molecule has 1 saturated heterocycles. The van der Waals surface area contributed by atoms with Crippen molar-refractivity contribution in [2.75, 3.05) is 25.5 Å². The molecule has 2 aromatic carbocycles. The molecule has 2 aromatic rings. The minimum absolute atomic E-state index is 0.0502. The Labute approximate surface area is 165 Å². The number of ether oxygens (including phenoxy) is 1. The normalized spacial score (nSPS) is 17.3. The second-order valence-electron chi connectivity index (χ2n) is 6.79. The van der Waals surface area contributed by atoms with Crippen molar-refractivity contribution < 1.29 is 14.6 Å². The Morgan fingerprint density at radius 3 is 2.52 bits per heavy atom. The molecule has 1 fully saturated rings. The molecule has 2 N–H and O–H groups in total. The number of hydrogen-bond acceptors (Lipinski definition) is 4. The fourth-order valence-electron chi connectivity index (χ4n) is 3.63. The van der Waals surface area contributed by atoms with Crippen molar-refractivity contribution in [3.8, 4) is 0 Å². The van der Waals surface area contributed by atoms with Crippen LogP contribution in [-0.4, -0.2) is 36.5 Å². The first kappa shape index (κ1) is 19.9. The lowest BCUT2D eigenvalue weighted by Crippen LogP contribution is -2.47. The maximum atomic E-state index is 12.8. The first-order valence-electron chi connectivity index (χ1n) is 9.51. The van der Waals surface area contributed by atoms with Crippen molar-refractivity contribution in [1.29, 1.82) is 0 Å². The Kier molecular flexibility index (Phi) is 6.94. The molecule has 1 atom stereocenters. The Morgan fingerprint density at radius 1 is 1.15 bits per heavy atom.